The Hall–Kier alpha value is -3.38. The molecule has 0 aliphatic carbocycles. The molecule has 1 unspecified atom stereocenters. The average Bonchev–Trinajstić information content (AvgIpc) is 3.42. The molecule has 1 aliphatic heterocycles. The number of alkyl halides is 3. The number of amidine groups is 1. The van der Waals surface area contributed by atoms with E-state index in [9.17, 15) is 23.4 Å². The van der Waals surface area contributed by atoms with E-state index in [4.69, 9.17) is 35.4 Å². The van der Waals surface area contributed by atoms with E-state index in [1.165, 1.54) is 29.2 Å². The summed E-state index contributed by atoms with van der Waals surface area (Å²) in [7, 11) is 0. The summed E-state index contributed by atoms with van der Waals surface area (Å²) in [6, 6.07) is 12.4. The van der Waals surface area contributed by atoms with Crippen molar-refractivity contribution in [2.24, 2.45) is 4.99 Å². The van der Waals surface area contributed by atoms with Crippen molar-refractivity contribution in [3.8, 4) is 5.75 Å². The van der Waals surface area contributed by atoms with Crippen molar-refractivity contribution in [3.05, 3.63) is 87.5 Å². The zero-order chi connectivity index (χ0) is 26.5. The first-order valence-electron chi connectivity index (χ1n) is 10.6. The van der Waals surface area contributed by atoms with Crippen LogP contribution in [0.3, 0.4) is 0 Å². The Bertz CT molecular complexity index is 1540. The third kappa shape index (κ3) is 4.48. The van der Waals surface area contributed by atoms with Gasteiger partial charge in [-0.15, -0.1) is 0 Å². The number of aromatic nitrogens is 2. The highest BCUT2D eigenvalue weighted by Crippen LogP contribution is 2.42. The molecule has 37 heavy (non-hydrogen) atoms. The third-order valence-electron chi connectivity index (χ3n) is 5.89. The maximum atomic E-state index is 12.9. The van der Waals surface area contributed by atoms with Crippen molar-refractivity contribution in [3.63, 3.8) is 0 Å². The lowest BCUT2D eigenvalue weighted by Crippen LogP contribution is -2.47. The molecule has 0 spiro atoms. The topological polar surface area (TPSA) is 96.8 Å². The summed E-state index contributed by atoms with van der Waals surface area (Å²) in [6.45, 7) is -0.0513. The molecule has 1 aromatic heterocycles. The number of H-pyrrole nitrogens is 1. The quantitative estimate of drug-likeness (QED) is 0.236. The van der Waals surface area contributed by atoms with E-state index in [0.29, 0.717) is 16.5 Å². The molecule has 4 aromatic rings. The van der Waals surface area contributed by atoms with Gasteiger partial charge in [0.2, 0.25) is 5.72 Å². The van der Waals surface area contributed by atoms with Gasteiger partial charge in [-0.25, -0.2) is 0 Å². The standard InChI is InChI=1S/C24H16Cl2F3N5O2S/c25-17-8-16(9-18(26)20(17)35)34-22(37)32-21(30-10-12-1-3-14(4-2-12)24(27,28)29)23(34,36)15-5-6-19-13(7-15)11-31-33-19/h1-9,11,35-36H,10H2,(H,31,33)(H,30,32,37). The second-order valence-electron chi connectivity index (χ2n) is 8.23. The van der Waals surface area contributed by atoms with Crippen LogP contribution in [0.1, 0.15) is 16.7 Å². The van der Waals surface area contributed by atoms with Gasteiger partial charge < -0.3 is 15.5 Å². The van der Waals surface area contributed by atoms with Crippen LogP contribution < -0.4 is 10.2 Å². The number of benzene rings is 3. The zero-order valence-electron chi connectivity index (χ0n) is 18.5. The molecular weight excluding hydrogens is 550 g/mol. The van der Waals surface area contributed by atoms with Gasteiger partial charge in [-0.3, -0.25) is 15.0 Å². The van der Waals surface area contributed by atoms with Crippen LogP contribution in [0, 0.1) is 0 Å². The van der Waals surface area contributed by atoms with Crippen LogP contribution >= 0.6 is 35.4 Å². The Morgan fingerprint density at radius 1 is 1.05 bits per heavy atom. The van der Waals surface area contributed by atoms with Gasteiger partial charge in [0.25, 0.3) is 0 Å². The van der Waals surface area contributed by atoms with Crippen molar-refractivity contribution >= 4 is 63.0 Å². The molecule has 0 radical (unpaired) electrons. The maximum absolute atomic E-state index is 12.9. The fourth-order valence-corrected chi connectivity index (χ4v) is 4.84. The van der Waals surface area contributed by atoms with Crippen LogP contribution in [0.25, 0.3) is 10.9 Å². The lowest BCUT2D eigenvalue weighted by molar-refractivity contribution is -0.137. The molecule has 0 amide bonds. The highest BCUT2D eigenvalue weighted by atomic mass is 35.5. The number of hydrogen-bond donors (Lipinski definition) is 4. The number of rotatable bonds is 4. The lowest BCUT2D eigenvalue weighted by Gasteiger charge is -2.33. The maximum Gasteiger partial charge on any atom is 0.416 e. The molecule has 1 aliphatic rings. The van der Waals surface area contributed by atoms with Gasteiger partial charge in [-0.1, -0.05) is 41.4 Å². The summed E-state index contributed by atoms with van der Waals surface area (Å²) in [5.74, 6) is -0.301. The number of nitrogens with one attached hydrogen (secondary N) is 2. The fourth-order valence-electron chi connectivity index (χ4n) is 4.03. The van der Waals surface area contributed by atoms with Crippen LogP contribution in [0.15, 0.2) is 65.8 Å². The van der Waals surface area contributed by atoms with E-state index >= 15 is 0 Å². The molecule has 5 rings (SSSR count). The number of nitrogens with zero attached hydrogens (tertiary/aromatic N) is 3. The van der Waals surface area contributed by atoms with Gasteiger partial charge in [0.05, 0.1) is 39.6 Å². The Labute approximate surface area is 223 Å². The number of hydrogen-bond acceptors (Lipinski definition) is 5. The zero-order valence-corrected chi connectivity index (χ0v) is 20.8. The van der Waals surface area contributed by atoms with Gasteiger partial charge in [-0.05, 0) is 54.2 Å². The minimum atomic E-state index is -4.46. The van der Waals surface area contributed by atoms with E-state index in [1.807, 2.05) is 0 Å². The second kappa shape index (κ2) is 9.18. The Morgan fingerprint density at radius 3 is 2.38 bits per heavy atom. The number of aliphatic imine (C=N–C) groups is 1. The monoisotopic (exact) mass is 565 g/mol. The first-order valence-corrected chi connectivity index (χ1v) is 11.8. The number of fused-ring (bicyclic) bond motifs is 1. The average molecular weight is 566 g/mol. The molecule has 4 N–H and O–H groups in total. The predicted octanol–water partition coefficient (Wildman–Crippen LogP) is 5.73. The van der Waals surface area contributed by atoms with Crippen LogP contribution in [-0.2, 0) is 18.4 Å². The summed E-state index contributed by atoms with van der Waals surface area (Å²) in [6.07, 6.45) is -2.87. The van der Waals surface area contributed by atoms with Gasteiger partial charge in [0.15, 0.2) is 16.7 Å². The van der Waals surface area contributed by atoms with E-state index in [-0.39, 0.29) is 39.0 Å². The molecule has 0 bridgehead atoms. The first-order chi connectivity index (χ1) is 17.5. The number of aromatic hydroxyl groups is 1. The second-order valence-corrected chi connectivity index (χ2v) is 9.43. The largest absolute Gasteiger partial charge is 0.505 e. The van der Waals surface area contributed by atoms with Gasteiger partial charge in [-0.2, -0.15) is 18.3 Å². The summed E-state index contributed by atoms with van der Waals surface area (Å²) in [5.41, 5.74) is -0.930. The molecule has 1 fully saturated rings. The molecule has 190 valence electrons. The van der Waals surface area contributed by atoms with Gasteiger partial charge >= 0.3 is 6.18 Å². The van der Waals surface area contributed by atoms with Crippen molar-refractivity contribution in [2.45, 2.75) is 18.4 Å². The Balaban J connectivity index is 1.61. The van der Waals surface area contributed by atoms with E-state index in [2.05, 4.69) is 20.5 Å². The molecule has 7 nitrogen and oxygen atoms in total. The van der Waals surface area contributed by atoms with Crippen LogP contribution in [0.2, 0.25) is 10.0 Å². The molecular formula is C24H16Cl2F3N5O2S. The van der Waals surface area contributed by atoms with E-state index in [1.54, 1.807) is 24.4 Å². The van der Waals surface area contributed by atoms with Crippen LogP contribution in [-0.4, -0.2) is 31.4 Å². The summed E-state index contributed by atoms with van der Waals surface area (Å²) >= 11 is 17.8. The number of halogens is 5. The third-order valence-corrected chi connectivity index (χ3v) is 6.75. The normalized spacial score (nSPS) is 19.1. The molecule has 13 heteroatoms. The highest BCUT2D eigenvalue weighted by Gasteiger charge is 2.50. The van der Waals surface area contributed by atoms with Crippen molar-refractivity contribution in [1.82, 2.24) is 15.5 Å². The predicted molar refractivity (Wildman–Crippen MR) is 139 cm³/mol. The van der Waals surface area contributed by atoms with Crippen LogP contribution in [0.4, 0.5) is 18.9 Å². The van der Waals surface area contributed by atoms with E-state index in [0.717, 1.165) is 17.6 Å². The minimum absolute atomic E-state index is 0.0283. The number of aliphatic hydroxyl groups is 1. The number of anilines is 1. The first kappa shape index (κ1) is 25.3. The number of aromatic amines is 1. The van der Waals surface area contributed by atoms with Crippen molar-refractivity contribution < 1.29 is 23.4 Å². The minimum Gasteiger partial charge on any atom is -0.505 e. The smallest absolute Gasteiger partial charge is 0.416 e. The summed E-state index contributed by atoms with van der Waals surface area (Å²) in [4.78, 5) is 5.82. The molecule has 1 saturated heterocycles. The summed E-state index contributed by atoms with van der Waals surface area (Å²) in [5, 5.41) is 32.6. The number of thiocarbonyl (C=S) groups is 1. The number of phenolic OH excluding ortho intramolecular Hbond substituents is 1. The Morgan fingerprint density at radius 2 is 1.73 bits per heavy atom. The van der Waals surface area contributed by atoms with Gasteiger partial charge in [0.1, 0.15) is 0 Å². The Kier molecular flexibility index (Phi) is 6.27. The molecule has 2 heterocycles. The van der Waals surface area contributed by atoms with Crippen molar-refractivity contribution in [1.29, 1.82) is 0 Å². The summed E-state index contributed by atoms with van der Waals surface area (Å²) < 4.78 is 38.8. The fraction of sp³-hybridized carbons (Fsp3) is 0.125. The molecule has 3 aromatic carbocycles. The van der Waals surface area contributed by atoms with E-state index < -0.39 is 17.5 Å². The SMILES string of the molecule is Oc1c(Cl)cc(N2C(=S)NC(=NCc3ccc(C(F)(F)F)cc3)C2(O)c2ccc3[nH]ncc3c2)cc1Cl. The van der Waals surface area contributed by atoms with Gasteiger partial charge in [0, 0.05) is 10.9 Å². The molecule has 0 saturated carbocycles. The van der Waals surface area contributed by atoms with Crippen molar-refractivity contribution in [2.75, 3.05) is 4.90 Å². The highest BCUT2D eigenvalue weighted by molar-refractivity contribution is 7.80. The lowest BCUT2D eigenvalue weighted by atomic mass is 9.98. The molecule has 1 atom stereocenters. The van der Waals surface area contributed by atoms with Crippen LogP contribution in [0.5, 0.6) is 5.75 Å². The number of phenols is 1.